The van der Waals surface area contributed by atoms with Crippen LogP contribution in [-0.4, -0.2) is 11.1 Å². The van der Waals surface area contributed by atoms with Gasteiger partial charge in [0, 0.05) is 0 Å². The van der Waals surface area contributed by atoms with Crippen LogP contribution in [0.2, 0.25) is 0 Å². The first-order valence-electron chi connectivity index (χ1n) is 6.14. The Morgan fingerprint density at radius 2 is 1.74 bits per heavy atom. The van der Waals surface area contributed by atoms with Gasteiger partial charge in [-0.1, -0.05) is 30.3 Å². The largest absolute Gasteiger partial charge is 0.481 e. The molecular weight excluding hydrogens is 240 g/mol. The number of rotatable bonds is 4. The summed E-state index contributed by atoms with van der Waals surface area (Å²) < 4.78 is 5.76. The lowest BCUT2D eigenvalue weighted by atomic mass is 10.0. The molecule has 0 spiro atoms. The van der Waals surface area contributed by atoms with Crippen molar-refractivity contribution in [3.05, 3.63) is 59.7 Å². The van der Waals surface area contributed by atoms with E-state index in [0.717, 1.165) is 16.9 Å². The number of carboxylic acid groups (broad SMARTS) is 1. The second-order valence-corrected chi connectivity index (χ2v) is 4.50. The van der Waals surface area contributed by atoms with Gasteiger partial charge in [0.2, 0.25) is 0 Å². The Hall–Kier alpha value is -2.29. The average molecular weight is 256 g/mol. The molecule has 3 heteroatoms. The minimum Gasteiger partial charge on any atom is -0.481 e. The summed E-state index contributed by atoms with van der Waals surface area (Å²) in [6, 6.07) is 14.9. The fourth-order valence-corrected chi connectivity index (χ4v) is 1.77. The van der Waals surface area contributed by atoms with Crippen molar-refractivity contribution in [3.63, 3.8) is 0 Å². The van der Waals surface area contributed by atoms with Crippen LogP contribution in [0.15, 0.2) is 48.5 Å². The molecule has 2 rings (SSSR count). The maximum atomic E-state index is 10.9. The molecule has 0 aliphatic carbocycles. The van der Waals surface area contributed by atoms with E-state index in [1.54, 1.807) is 31.2 Å². The zero-order valence-corrected chi connectivity index (χ0v) is 11.0. The van der Waals surface area contributed by atoms with Crippen molar-refractivity contribution >= 4 is 5.97 Å². The summed E-state index contributed by atoms with van der Waals surface area (Å²) >= 11 is 0. The number of benzene rings is 2. The molecule has 2 aromatic carbocycles. The summed E-state index contributed by atoms with van der Waals surface area (Å²) in [4.78, 5) is 10.9. The quantitative estimate of drug-likeness (QED) is 0.900. The Labute approximate surface area is 112 Å². The topological polar surface area (TPSA) is 46.5 Å². The van der Waals surface area contributed by atoms with Gasteiger partial charge in [0.1, 0.15) is 11.5 Å². The minimum absolute atomic E-state index is 0.507. The third-order valence-corrected chi connectivity index (χ3v) is 3.07. The van der Waals surface area contributed by atoms with Crippen LogP contribution in [0.25, 0.3) is 0 Å². The monoisotopic (exact) mass is 256 g/mol. The van der Waals surface area contributed by atoms with Crippen molar-refractivity contribution in [1.29, 1.82) is 0 Å². The fourth-order valence-electron chi connectivity index (χ4n) is 1.77. The van der Waals surface area contributed by atoms with Crippen LogP contribution >= 0.6 is 0 Å². The highest BCUT2D eigenvalue weighted by molar-refractivity contribution is 5.75. The van der Waals surface area contributed by atoms with Crippen LogP contribution in [-0.2, 0) is 4.79 Å². The molecule has 1 atom stereocenters. The van der Waals surface area contributed by atoms with Gasteiger partial charge < -0.3 is 9.84 Å². The zero-order chi connectivity index (χ0) is 13.8. The lowest BCUT2D eigenvalue weighted by Crippen LogP contribution is -2.06. The molecule has 0 aromatic heterocycles. The molecule has 2 aromatic rings. The maximum absolute atomic E-state index is 10.9. The molecule has 3 nitrogen and oxygen atoms in total. The number of carbonyl (C=O) groups is 1. The van der Waals surface area contributed by atoms with Gasteiger partial charge >= 0.3 is 5.97 Å². The van der Waals surface area contributed by atoms with Crippen molar-refractivity contribution in [3.8, 4) is 11.5 Å². The summed E-state index contributed by atoms with van der Waals surface area (Å²) in [5.74, 6) is 0.178. The standard InChI is InChI=1S/C16H16O3/c1-11-5-3-4-6-15(11)19-14-9-7-13(8-10-14)12(2)16(17)18/h3-10,12H,1-2H3,(H,17,18). The van der Waals surface area contributed by atoms with E-state index in [0.29, 0.717) is 5.75 Å². The predicted molar refractivity (Wildman–Crippen MR) is 73.7 cm³/mol. The number of aryl methyl sites for hydroxylation is 1. The van der Waals surface area contributed by atoms with Gasteiger partial charge in [0.05, 0.1) is 5.92 Å². The van der Waals surface area contributed by atoms with Gasteiger partial charge in [-0.15, -0.1) is 0 Å². The number of para-hydroxylation sites is 1. The Bertz CT molecular complexity index is 573. The summed E-state index contributed by atoms with van der Waals surface area (Å²) in [6.45, 7) is 3.65. The lowest BCUT2D eigenvalue weighted by molar-refractivity contribution is -0.138. The Balaban J connectivity index is 2.15. The summed E-state index contributed by atoms with van der Waals surface area (Å²) in [5.41, 5.74) is 1.83. The lowest BCUT2D eigenvalue weighted by Gasteiger charge is -2.10. The molecule has 19 heavy (non-hydrogen) atoms. The molecule has 0 saturated heterocycles. The van der Waals surface area contributed by atoms with Crippen LogP contribution in [0.4, 0.5) is 0 Å². The van der Waals surface area contributed by atoms with Crippen molar-refractivity contribution in [2.45, 2.75) is 19.8 Å². The summed E-state index contributed by atoms with van der Waals surface area (Å²) in [6.07, 6.45) is 0. The van der Waals surface area contributed by atoms with E-state index in [-0.39, 0.29) is 0 Å². The van der Waals surface area contributed by atoms with E-state index in [9.17, 15) is 4.79 Å². The summed E-state index contributed by atoms with van der Waals surface area (Å²) in [5, 5.41) is 8.95. The highest BCUT2D eigenvalue weighted by Crippen LogP contribution is 2.26. The van der Waals surface area contributed by atoms with E-state index >= 15 is 0 Å². The van der Waals surface area contributed by atoms with Crippen LogP contribution in [0.5, 0.6) is 11.5 Å². The molecule has 0 aliphatic heterocycles. The number of hydrogen-bond donors (Lipinski definition) is 1. The van der Waals surface area contributed by atoms with Crippen molar-refractivity contribution in [1.82, 2.24) is 0 Å². The molecule has 1 N–H and O–H groups in total. The van der Waals surface area contributed by atoms with E-state index in [2.05, 4.69) is 0 Å². The van der Waals surface area contributed by atoms with Crippen molar-refractivity contribution < 1.29 is 14.6 Å². The predicted octanol–water partition coefficient (Wildman–Crippen LogP) is 3.98. The average Bonchev–Trinajstić information content (AvgIpc) is 2.41. The minimum atomic E-state index is -0.826. The van der Waals surface area contributed by atoms with Crippen LogP contribution in [0.3, 0.4) is 0 Å². The number of ether oxygens (including phenoxy) is 1. The van der Waals surface area contributed by atoms with Crippen LogP contribution < -0.4 is 4.74 Å². The van der Waals surface area contributed by atoms with Crippen molar-refractivity contribution in [2.75, 3.05) is 0 Å². The number of aliphatic carboxylic acids is 1. The maximum Gasteiger partial charge on any atom is 0.310 e. The number of hydrogen-bond acceptors (Lipinski definition) is 2. The van der Waals surface area contributed by atoms with E-state index in [1.165, 1.54) is 0 Å². The first-order valence-corrected chi connectivity index (χ1v) is 6.14. The van der Waals surface area contributed by atoms with E-state index in [1.807, 2.05) is 31.2 Å². The molecule has 0 radical (unpaired) electrons. The Morgan fingerprint density at radius 1 is 1.11 bits per heavy atom. The highest BCUT2D eigenvalue weighted by Gasteiger charge is 2.13. The summed E-state index contributed by atoms with van der Waals surface area (Å²) in [7, 11) is 0. The van der Waals surface area contributed by atoms with Crippen LogP contribution in [0.1, 0.15) is 24.0 Å². The van der Waals surface area contributed by atoms with Gasteiger partial charge in [-0.3, -0.25) is 4.79 Å². The molecule has 0 amide bonds. The first-order chi connectivity index (χ1) is 9.08. The second-order valence-electron chi connectivity index (χ2n) is 4.50. The molecule has 0 aliphatic rings. The third-order valence-electron chi connectivity index (χ3n) is 3.07. The normalized spacial score (nSPS) is 11.9. The van der Waals surface area contributed by atoms with Crippen LogP contribution in [0, 0.1) is 6.92 Å². The molecular formula is C16H16O3. The van der Waals surface area contributed by atoms with E-state index < -0.39 is 11.9 Å². The fraction of sp³-hybridized carbons (Fsp3) is 0.188. The van der Waals surface area contributed by atoms with Crippen molar-refractivity contribution in [2.24, 2.45) is 0 Å². The van der Waals surface area contributed by atoms with Gasteiger partial charge in [-0.2, -0.15) is 0 Å². The Morgan fingerprint density at radius 3 is 2.32 bits per heavy atom. The number of carboxylic acids is 1. The smallest absolute Gasteiger partial charge is 0.310 e. The molecule has 0 fully saturated rings. The molecule has 0 saturated carbocycles. The first kappa shape index (κ1) is 13.1. The Kier molecular flexibility index (Phi) is 3.85. The van der Waals surface area contributed by atoms with Gasteiger partial charge in [0.15, 0.2) is 0 Å². The SMILES string of the molecule is Cc1ccccc1Oc1ccc(C(C)C(=O)O)cc1. The molecule has 98 valence electrons. The molecule has 1 unspecified atom stereocenters. The molecule has 0 heterocycles. The molecule has 0 bridgehead atoms. The van der Waals surface area contributed by atoms with Gasteiger partial charge in [-0.25, -0.2) is 0 Å². The zero-order valence-electron chi connectivity index (χ0n) is 11.0. The van der Waals surface area contributed by atoms with E-state index in [4.69, 9.17) is 9.84 Å². The van der Waals surface area contributed by atoms with Gasteiger partial charge in [0.25, 0.3) is 0 Å². The van der Waals surface area contributed by atoms with Gasteiger partial charge in [-0.05, 0) is 43.2 Å². The second kappa shape index (κ2) is 5.57. The highest BCUT2D eigenvalue weighted by atomic mass is 16.5. The third kappa shape index (κ3) is 3.13.